The Hall–Kier alpha value is -2.39. The van der Waals surface area contributed by atoms with Crippen LogP contribution in [0.2, 0.25) is 5.02 Å². The van der Waals surface area contributed by atoms with Crippen LogP contribution in [0.25, 0.3) is 0 Å². The van der Waals surface area contributed by atoms with Crippen molar-refractivity contribution in [1.82, 2.24) is 5.32 Å². The van der Waals surface area contributed by atoms with Crippen molar-refractivity contribution in [1.29, 1.82) is 0 Å². The topological polar surface area (TPSA) is 58.6 Å². The first-order valence-corrected chi connectivity index (χ1v) is 9.74. The minimum absolute atomic E-state index is 0.0283. The maximum absolute atomic E-state index is 14.0. The van der Waals surface area contributed by atoms with Gasteiger partial charge >= 0.3 is 6.18 Å². The fourth-order valence-corrected chi connectivity index (χ4v) is 3.50. The molecular weight excluding hydrogens is 445 g/mol. The van der Waals surface area contributed by atoms with Crippen LogP contribution >= 0.6 is 11.6 Å². The van der Waals surface area contributed by atoms with Gasteiger partial charge in [-0.05, 0) is 48.2 Å². The fourth-order valence-electron chi connectivity index (χ4n) is 3.28. The van der Waals surface area contributed by atoms with Gasteiger partial charge in [0.25, 0.3) is 0 Å². The van der Waals surface area contributed by atoms with Gasteiger partial charge in [-0.3, -0.25) is 4.79 Å². The van der Waals surface area contributed by atoms with Gasteiger partial charge in [-0.25, -0.2) is 8.78 Å². The second-order valence-electron chi connectivity index (χ2n) is 7.55. The van der Waals surface area contributed by atoms with Crippen molar-refractivity contribution in [3.05, 3.63) is 64.2 Å². The van der Waals surface area contributed by atoms with Gasteiger partial charge in [-0.15, -0.1) is 0 Å². The Labute approximate surface area is 180 Å². The summed E-state index contributed by atoms with van der Waals surface area (Å²) in [7, 11) is 0. The fraction of sp³-hybridized carbons (Fsp3) is 0.381. The van der Waals surface area contributed by atoms with Crippen molar-refractivity contribution >= 4 is 17.5 Å². The molecule has 168 valence electrons. The monoisotopic (exact) mass is 463 g/mol. The Bertz CT molecular complexity index is 978. The number of alkyl halides is 3. The van der Waals surface area contributed by atoms with Crippen LogP contribution in [0.1, 0.15) is 36.8 Å². The van der Waals surface area contributed by atoms with Crippen LogP contribution in [0.5, 0.6) is 5.75 Å². The number of rotatable bonds is 7. The molecule has 1 saturated carbocycles. The molecule has 2 N–H and O–H groups in total. The average molecular weight is 464 g/mol. The Kier molecular flexibility index (Phi) is 6.48. The summed E-state index contributed by atoms with van der Waals surface area (Å²) in [5, 5.41) is 13.2. The zero-order valence-electron chi connectivity index (χ0n) is 16.3. The number of aliphatic hydroxyl groups is 1. The number of benzene rings is 2. The van der Waals surface area contributed by atoms with Crippen molar-refractivity contribution in [2.75, 3.05) is 6.61 Å². The highest BCUT2D eigenvalue weighted by atomic mass is 35.5. The second-order valence-corrected chi connectivity index (χ2v) is 7.99. The maximum Gasteiger partial charge on any atom is 0.422 e. The minimum Gasteiger partial charge on any atom is -0.484 e. The quantitative estimate of drug-likeness (QED) is 0.578. The van der Waals surface area contributed by atoms with Gasteiger partial charge in [0.1, 0.15) is 23.5 Å². The van der Waals surface area contributed by atoms with E-state index >= 15 is 0 Å². The van der Waals surface area contributed by atoms with E-state index in [4.69, 9.17) is 16.3 Å². The standard InChI is InChI=1S/C21H19ClF5NO3/c1-11(16-3-2-14(23)9-17(16)24)18(29)19(30)28-20(4-5-20)12-6-13(22)8-15(7-12)31-10-21(25,26)27/h2-3,6-9,11,18,29H,4-5,10H2,1H3,(H,28,30)/t11-,18-/m0/s1. The maximum atomic E-state index is 14.0. The van der Waals surface area contributed by atoms with E-state index in [0.29, 0.717) is 24.5 Å². The van der Waals surface area contributed by atoms with Crippen LogP contribution < -0.4 is 10.1 Å². The van der Waals surface area contributed by atoms with E-state index in [9.17, 15) is 31.9 Å². The Morgan fingerprint density at radius 3 is 2.48 bits per heavy atom. The van der Waals surface area contributed by atoms with E-state index in [1.54, 1.807) is 0 Å². The van der Waals surface area contributed by atoms with Crippen LogP contribution in [0.4, 0.5) is 22.0 Å². The number of nitrogens with one attached hydrogen (secondary N) is 1. The number of hydrogen-bond acceptors (Lipinski definition) is 3. The van der Waals surface area contributed by atoms with Crippen molar-refractivity contribution in [2.24, 2.45) is 0 Å². The molecule has 1 fully saturated rings. The molecule has 0 spiro atoms. The van der Waals surface area contributed by atoms with E-state index in [1.165, 1.54) is 25.1 Å². The molecule has 0 radical (unpaired) electrons. The summed E-state index contributed by atoms with van der Waals surface area (Å²) >= 11 is 6.00. The number of carbonyl (C=O) groups excluding carboxylic acids is 1. The molecule has 0 saturated heterocycles. The first-order chi connectivity index (χ1) is 14.4. The first-order valence-electron chi connectivity index (χ1n) is 9.36. The van der Waals surface area contributed by atoms with E-state index in [-0.39, 0.29) is 16.3 Å². The highest BCUT2D eigenvalue weighted by Gasteiger charge is 2.47. The van der Waals surface area contributed by atoms with Crippen molar-refractivity contribution in [3.8, 4) is 5.75 Å². The molecule has 3 rings (SSSR count). The molecular formula is C21H19ClF5NO3. The lowest BCUT2D eigenvalue weighted by atomic mass is 9.93. The van der Waals surface area contributed by atoms with Crippen LogP contribution in [0, 0.1) is 11.6 Å². The lowest BCUT2D eigenvalue weighted by Gasteiger charge is -2.24. The van der Waals surface area contributed by atoms with Crippen LogP contribution in [0.15, 0.2) is 36.4 Å². The highest BCUT2D eigenvalue weighted by Crippen LogP contribution is 2.47. The van der Waals surface area contributed by atoms with Gasteiger partial charge in [-0.1, -0.05) is 24.6 Å². The molecule has 2 aromatic carbocycles. The van der Waals surface area contributed by atoms with Gasteiger partial charge in [0.2, 0.25) is 5.91 Å². The lowest BCUT2D eigenvalue weighted by Crippen LogP contribution is -2.43. The van der Waals surface area contributed by atoms with Gasteiger partial charge in [0.15, 0.2) is 6.61 Å². The second kappa shape index (κ2) is 8.63. The smallest absolute Gasteiger partial charge is 0.422 e. The largest absolute Gasteiger partial charge is 0.484 e. The Balaban J connectivity index is 1.74. The Morgan fingerprint density at radius 1 is 1.23 bits per heavy atom. The lowest BCUT2D eigenvalue weighted by molar-refractivity contribution is -0.153. The molecule has 1 aliphatic rings. The van der Waals surface area contributed by atoms with Gasteiger partial charge in [0, 0.05) is 17.0 Å². The molecule has 2 aromatic rings. The molecule has 0 aliphatic heterocycles. The third-order valence-corrected chi connectivity index (χ3v) is 5.35. The van der Waals surface area contributed by atoms with Crippen LogP contribution in [-0.2, 0) is 10.3 Å². The summed E-state index contributed by atoms with van der Waals surface area (Å²) in [5.41, 5.74) is -0.529. The highest BCUT2D eigenvalue weighted by molar-refractivity contribution is 6.30. The van der Waals surface area contributed by atoms with Crippen LogP contribution in [-0.4, -0.2) is 29.9 Å². The zero-order chi connectivity index (χ0) is 23.0. The first kappa shape index (κ1) is 23.3. The molecule has 4 nitrogen and oxygen atoms in total. The van der Waals surface area contributed by atoms with Gasteiger partial charge < -0.3 is 15.2 Å². The number of aliphatic hydroxyl groups excluding tert-OH is 1. The van der Waals surface area contributed by atoms with Crippen molar-refractivity contribution in [3.63, 3.8) is 0 Å². The van der Waals surface area contributed by atoms with Crippen LogP contribution in [0.3, 0.4) is 0 Å². The number of hydrogen-bond donors (Lipinski definition) is 2. The summed E-state index contributed by atoms with van der Waals surface area (Å²) in [6.45, 7) is -0.0752. The van der Waals surface area contributed by atoms with Crippen molar-refractivity contribution in [2.45, 2.75) is 43.5 Å². The molecule has 2 atom stereocenters. The molecule has 0 aromatic heterocycles. The molecule has 1 amide bonds. The average Bonchev–Trinajstić information content (AvgIpc) is 3.45. The number of carbonyl (C=O) groups is 1. The minimum atomic E-state index is -4.52. The summed E-state index contributed by atoms with van der Waals surface area (Å²) in [6.07, 6.45) is -5.24. The number of amides is 1. The summed E-state index contributed by atoms with van der Waals surface area (Å²) in [5.74, 6) is -3.55. The Morgan fingerprint density at radius 2 is 1.90 bits per heavy atom. The van der Waals surface area contributed by atoms with E-state index in [2.05, 4.69) is 5.32 Å². The number of halogens is 6. The summed E-state index contributed by atoms with van der Waals surface area (Å²) in [6, 6.07) is 6.90. The predicted octanol–water partition coefficient (Wildman–Crippen LogP) is 4.83. The van der Waals surface area contributed by atoms with Crippen molar-refractivity contribution < 1.29 is 36.6 Å². The third kappa shape index (κ3) is 5.65. The van der Waals surface area contributed by atoms with E-state index in [0.717, 1.165) is 12.1 Å². The zero-order valence-corrected chi connectivity index (χ0v) is 17.0. The normalized spacial score (nSPS) is 17.0. The molecule has 0 heterocycles. The molecule has 0 bridgehead atoms. The predicted molar refractivity (Wildman–Crippen MR) is 103 cm³/mol. The van der Waals surface area contributed by atoms with Gasteiger partial charge in [0.05, 0.1) is 5.54 Å². The summed E-state index contributed by atoms with van der Waals surface area (Å²) < 4.78 is 69.1. The summed E-state index contributed by atoms with van der Waals surface area (Å²) in [4.78, 5) is 12.6. The van der Waals surface area contributed by atoms with Gasteiger partial charge in [-0.2, -0.15) is 13.2 Å². The van der Waals surface area contributed by atoms with E-state index in [1.807, 2.05) is 0 Å². The third-order valence-electron chi connectivity index (χ3n) is 5.13. The van der Waals surface area contributed by atoms with E-state index < -0.39 is 47.9 Å². The number of ether oxygens (including phenoxy) is 1. The molecule has 1 aliphatic carbocycles. The molecule has 0 unspecified atom stereocenters. The molecule has 31 heavy (non-hydrogen) atoms. The SMILES string of the molecule is C[C@@H](c1ccc(F)cc1F)[C@H](O)C(=O)NC1(c2cc(Cl)cc(OCC(F)(F)F)c2)CC1. The molecule has 10 heteroatoms.